The molecule has 82 valence electrons. The number of para-hydroxylation sites is 1. The molecule has 0 fully saturated rings. The Morgan fingerprint density at radius 3 is 2.87 bits per heavy atom. The number of carbonyl (C=O) groups is 1. The molecular weight excluding hydrogens is 199 g/mol. The van der Waals surface area contributed by atoms with Crippen LogP contribution in [-0.2, 0) is 0 Å². The maximum atomic E-state index is 11.9. The van der Waals surface area contributed by atoms with Crippen molar-refractivity contribution < 1.29 is 19.0 Å². The molecule has 3 nitrogen and oxygen atoms in total. The van der Waals surface area contributed by atoms with Crippen LogP contribution in [0.3, 0.4) is 0 Å². The number of alkyl halides is 1. The van der Waals surface area contributed by atoms with Gasteiger partial charge in [-0.2, -0.15) is 0 Å². The Hall–Kier alpha value is -1.58. The lowest BCUT2D eigenvalue weighted by atomic mass is 10.1. The molecule has 0 radical (unpaired) electrons. The average Bonchev–Trinajstić information content (AvgIpc) is 2.20. The minimum absolute atomic E-state index is 0.119. The number of carboxylic acids is 1. The quantitative estimate of drug-likeness (QED) is 0.762. The molecule has 0 bridgehead atoms. The third-order valence-corrected chi connectivity index (χ3v) is 1.97. The molecule has 0 aliphatic carbocycles. The summed E-state index contributed by atoms with van der Waals surface area (Å²) in [6, 6.07) is 4.89. The minimum Gasteiger partial charge on any atom is -0.492 e. The Labute approximate surface area is 87.5 Å². The standard InChI is InChI=1S/C11H13FO3/c1-8-4-2-5-9(11(13)14)10(8)15-7-3-6-12/h2,4-5H,3,6-7H2,1H3,(H,13,14). The SMILES string of the molecule is Cc1cccc(C(=O)O)c1OCCCF. The van der Waals surface area contributed by atoms with Crippen molar-refractivity contribution in [3.8, 4) is 5.75 Å². The Morgan fingerprint density at radius 1 is 1.53 bits per heavy atom. The lowest BCUT2D eigenvalue weighted by molar-refractivity contribution is 0.0692. The van der Waals surface area contributed by atoms with Crippen LogP contribution in [-0.4, -0.2) is 24.4 Å². The molecule has 0 saturated heterocycles. The van der Waals surface area contributed by atoms with E-state index in [1.54, 1.807) is 19.1 Å². The molecule has 0 amide bonds. The van der Waals surface area contributed by atoms with E-state index in [9.17, 15) is 9.18 Å². The van der Waals surface area contributed by atoms with Gasteiger partial charge in [0, 0.05) is 6.42 Å². The second kappa shape index (κ2) is 5.34. The molecule has 4 heteroatoms. The van der Waals surface area contributed by atoms with E-state index in [1.165, 1.54) is 6.07 Å². The average molecular weight is 212 g/mol. The van der Waals surface area contributed by atoms with Crippen LogP contribution in [0.5, 0.6) is 5.75 Å². The van der Waals surface area contributed by atoms with Gasteiger partial charge >= 0.3 is 5.97 Å². The van der Waals surface area contributed by atoms with E-state index in [1.807, 2.05) is 0 Å². The van der Waals surface area contributed by atoms with E-state index in [0.29, 0.717) is 5.75 Å². The number of rotatable bonds is 5. The van der Waals surface area contributed by atoms with Gasteiger partial charge in [-0.05, 0) is 18.6 Å². The fourth-order valence-corrected chi connectivity index (χ4v) is 1.24. The highest BCUT2D eigenvalue weighted by molar-refractivity contribution is 5.91. The highest BCUT2D eigenvalue weighted by Crippen LogP contribution is 2.23. The number of aromatic carboxylic acids is 1. The van der Waals surface area contributed by atoms with Gasteiger partial charge < -0.3 is 9.84 Å². The van der Waals surface area contributed by atoms with Crippen molar-refractivity contribution in [1.29, 1.82) is 0 Å². The van der Waals surface area contributed by atoms with Crippen molar-refractivity contribution in [2.24, 2.45) is 0 Å². The van der Waals surface area contributed by atoms with Gasteiger partial charge in [-0.15, -0.1) is 0 Å². The van der Waals surface area contributed by atoms with Crippen molar-refractivity contribution in [3.63, 3.8) is 0 Å². The lowest BCUT2D eigenvalue weighted by Gasteiger charge is -2.10. The zero-order chi connectivity index (χ0) is 11.3. The molecule has 1 rings (SSSR count). The summed E-state index contributed by atoms with van der Waals surface area (Å²) in [6.45, 7) is 1.49. The van der Waals surface area contributed by atoms with Gasteiger partial charge in [0.2, 0.25) is 0 Å². The zero-order valence-electron chi connectivity index (χ0n) is 8.50. The van der Waals surface area contributed by atoms with Crippen LogP contribution in [0.4, 0.5) is 4.39 Å². The number of aryl methyl sites for hydroxylation is 1. The highest BCUT2D eigenvalue weighted by atomic mass is 19.1. The van der Waals surface area contributed by atoms with Gasteiger partial charge in [0.25, 0.3) is 0 Å². The van der Waals surface area contributed by atoms with Crippen LogP contribution in [0.25, 0.3) is 0 Å². The van der Waals surface area contributed by atoms with Crippen molar-refractivity contribution in [2.45, 2.75) is 13.3 Å². The van der Waals surface area contributed by atoms with E-state index < -0.39 is 12.6 Å². The number of benzene rings is 1. The smallest absolute Gasteiger partial charge is 0.339 e. The van der Waals surface area contributed by atoms with E-state index in [2.05, 4.69) is 0 Å². The molecule has 0 aliphatic rings. The number of halogens is 1. The van der Waals surface area contributed by atoms with Crippen molar-refractivity contribution in [1.82, 2.24) is 0 Å². The van der Waals surface area contributed by atoms with Crippen LogP contribution >= 0.6 is 0 Å². The summed E-state index contributed by atoms with van der Waals surface area (Å²) in [6.07, 6.45) is 0.271. The van der Waals surface area contributed by atoms with E-state index in [0.717, 1.165) is 5.56 Å². The van der Waals surface area contributed by atoms with Crippen molar-refractivity contribution in [3.05, 3.63) is 29.3 Å². The summed E-state index contributed by atoms with van der Waals surface area (Å²) >= 11 is 0. The van der Waals surface area contributed by atoms with Crippen molar-refractivity contribution in [2.75, 3.05) is 13.3 Å². The first-order valence-corrected chi connectivity index (χ1v) is 4.68. The maximum Gasteiger partial charge on any atom is 0.339 e. The summed E-state index contributed by atoms with van der Waals surface area (Å²) in [5, 5.41) is 8.89. The molecule has 0 heterocycles. The molecule has 15 heavy (non-hydrogen) atoms. The van der Waals surface area contributed by atoms with Gasteiger partial charge in [0.05, 0.1) is 13.3 Å². The largest absolute Gasteiger partial charge is 0.492 e. The summed E-state index contributed by atoms with van der Waals surface area (Å²) in [5.74, 6) is -0.701. The molecule has 0 aromatic heterocycles. The Balaban J connectivity index is 2.87. The minimum atomic E-state index is -1.03. The van der Waals surface area contributed by atoms with Crippen LogP contribution in [0, 0.1) is 6.92 Å². The Kier molecular flexibility index (Phi) is 4.09. The van der Waals surface area contributed by atoms with Gasteiger partial charge in [-0.1, -0.05) is 12.1 Å². The fourth-order valence-electron chi connectivity index (χ4n) is 1.24. The number of ether oxygens (including phenoxy) is 1. The molecule has 0 spiro atoms. The normalized spacial score (nSPS) is 10.0. The summed E-state index contributed by atoms with van der Waals surface area (Å²) in [5.41, 5.74) is 0.864. The molecule has 1 N–H and O–H groups in total. The third-order valence-electron chi connectivity index (χ3n) is 1.97. The summed E-state index contributed by atoms with van der Waals surface area (Å²) in [4.78, 5) is 10.9. The first-order chi connectivity index (χ1) is 7.16. The number of hydrogen-bond acceptors (Lipinski definition) is 2. The van der Waals surface area contributed by atoms with E-state index in [-0.39, 0.29) is 18.6 Å². The van der Waals surface area contributed by atoms with E-state index >= 15 is 0 Å². The number of carboxylic acid groups (broad SMARTS) is 1. The second-order valence-corrected chi connectivity index (χ2v) is 3.15. The zero-order valence-corrected chi connectivity index (χ0v) is 8.50. The molecule has 0 saturated carbocycles. The molecule has 1 aromatic rings. The maximum absolute atomic E-state index is 11.9. The fraction of sp³-hybridized carbons (Fsp3) is 0.364. The van der Waals surface area contributed by atoms with Crippen LogP contribution < -0.4 is 4.74 Å². The van der Waals surface area contributed by atoms with Gasteiger partial charge in [-0.25, -0.2) is 4.79 Å². The summed E-state index contributed by atoms with van der Waals surface area (Å²) in [7, 11) is 0. The van der Waals surface area contributed by atoms with Crippen molar-refractivity contribution >= 4 is 5.97 Å². The number of hydrogen-bond donors (Lipinski definition) is 1. The topological polar surface area (TPSA) is 46.5 Å². The molecule has 0 aliphatic heterocycles. The first kappa shape index (κ1) is 11.5. The Bertz CT molecular complexity index is 350. The van der Waals surface area contributed by atoms with Gasteiger partial charge in [0.1, 0.15) is 11.3 Å². The predicted octanol–water partition coefficient (Wildman–Crippen LogP) is 2.43. The first-order valence-electron chi connectivity index (χ1n) is 4.68. The van der Waals surface area contributed by atoms with Crippen LogP contribution in [0.15, 0.2) is 18.2 Å². The second-order valence-electron chi connectivity index (χ2n) is 3.15. The van der Waals surface area contributed by atoms with E-state index in [4.69, 9.17) is 9.84 Å². The summed E-state index contributed by atoms with van der Waals surface area (Å²) < 4.78 is 17.1. The molecular formula is C11H13FO3. The monoisotopic (exact) mass is 212 g/mol. The third kappa shape index (κ3) is 2.94. The van der Waals surface area contributed by atoms with Crippen LogP contribution in [0.2, 0.25) is 0 Å². The van der Waals surface area contributed by atoms with Crippen LogP contribution in [0.1, 0.15) is 22.3 Å². The van der Waals surface area contributed by atoms with Gasteiger partial charge in [0.15, 0.2) is 0 Å². The lowest BCUT2D eigenvalue weighted by Crippen LogP contribution is -2.06. The van der Waals surface area contributed by atoms with Gasteiger partial charge in [-0.3, -0.25) is 4.39 Å². The molecule has 0 unspecified atom stereocenters. The predicted molar refractivity (Wildman–Crippen MR) is 54.2 cm³/mol. The highest BCUT2D eigenvalue weighted by Gasteiger charge is 2.12. The molecule has 0 atom stereocenters. The Morgan fingerprint density at radius 2 is 2.27 bits per heavy atom. The molecule has 1 aromatic carbocycles.